The lowest BCUT2D eigenvalue weighted by atomic mass is 10.1. The Morgan fingerprint density at radius 2 is 0.839 bits per heavy atom. The summed E-state index contributed by atoms with van der Waals surface area (Å²) in [5.74, 6) is 1.77. The molecular weight excluding hydrogens is 448 g/mol. The van der Waals surface area contributed by atoms with Crippen molar-refractivity contribution in [3.63, 3.8) is 0 Å². The molecule has 0 N–H and O–H groups in total. The Morgan fingerprint density at radius 3 is 1.35 bits per heavy atom. The molecule has 0 radical (unpaired) electrons. The van der Waals surface area contributed by atoms with Crippen LogP contribution >= 0.6 is 15.9 Å². The minimum Gasteiger partial charge on any atom is -0.244 e. The van der Waals surface area contributed by atoms with Crippen molar-refractivity contribution in [2.75, 3.05) is 0 Å². The van der Waals surface area contributed by atoms with E-state index in [1.165, 1.54) is 0 Å². The van der Waals surface area contributed by atoms with Crippen LogP contribution in [0.4, 0.5) is 0 Å². The largest absolute Gasteiger partial charge is 0.244 e. The highest BCUT2D eigenvalue weighted by molar-refractivity contribution is 9.10. The first kappa shape index (κ1) is 19.3. The van der Waals surface area contributed by atoms with E-state index < -0.39 is 0 Å². The number of rotatable bonds is 4. The monoisotopic (exact) mass is 464 g/mol. The van der Waals surface area contributed by atoms with Crippen LogP contribution in [0.5, 0.6) is 0 Å². The van der Waals surface area contributed by atoms with Gasteiger partial charge in [0.1, 0.15) is 5.69 Å². The van der Waals surface area contributed by atoms with Crippen molar-refractivity contribution in [2.45, 2.75) is 0 Å². The van der Waals surface area contributed by atoms with Gasteiger partial charge < -0.3 is 0 Å². The van der Waals surface area contributed by atoms with Crippen LogP contribution in [0.2, 0.25) is 0 Å². The highest BCUT2D eigenvalue weighted by Gasteiger charge is 2.14. The molecule has 0 spiro atoms. The van der Waals surface area contributed by atoms with Gasteiger partial charge in [-0.25, -0.2) is 19.9 Å². The summed E-state index contributed by atoms with van der Waals surface area (Å²) < 4.78 is 0.916. The van der Waals surface area contributed by atoms with Crippen LogP contribution in [0.1, 0.15) is 0 Å². The summed E-state index contributed by atoms with van der Waals surface area (Å²) in [5, 5.41) is 0. The number of halogens is 1. The number of hydrogen-bond acceptors (Lipinski definition) is 4. The first-order valence-corrected chi connectivity index (χ1v) is 10.7. The first-order chi connectivity index (χ1) is 15.3. The zero-order valence-corrected chi connectivity index (χ0v) is 18.1. The molecule has 0 amide bonds. The Labute approximate surface area is 188 Å². The van der Waals surface area contributed by atoms with Gasteiger partial charge in [-0.15, -0.1) is 0 Å². The fourth-order valence-electron chi connectivity index (χ4n) is 3.29. The van der Waals surface area contributed by atoms with E-state index in [9.17, 15) is 0 Å². The highest BCUT2D eigenvalue weighted by Crippen LogP contribution is 2.28. The molecule has 0 fully saturated rings. The standard InChI is InChI=1S/C26H17BrN4/c27-21-16-22(18-10-4-1-5-11-18)28-23(17-21)26-30-24(19-12-6-2-7-13-19)29-25(31-26)20-14-8-3-9-15-20/h1-17H. The maximum Gasteiger partial charge on any atom is 0.182 e. The van der Waals surface area contributed by atoms with Crippen molar-refractivity contribution in [1.82, 2.24) is 19.9 Å². The average Bonchev–Trinajstić information content (AvgIpc) is 2.85. The van der Waals surface area contributed by atoms with Gasteiger partial charge in [0.15, 0.2) is 17.5 Å². The maximum atomic E-state index is 4.86. The van der Waals surface area contributed by atoms with Gasteiger partial charge in [0, 0.05) is 21.2 Å². The fraction of sp³-hybridized carbons (Fsp3) is 0. The summed E-state index contributed by atoms with van der Waals surface area (Å²) in [6.45, 7) is 0. The molecule has 5 aromatic rings. The Kier molecular flexibility index (Phi) is 5.33. The van der Waals surface area contributed by atoms with E-state index >= 15 is 0 Å². The van der Waals surface area contributed by atoms with E-state index in [0.717, 1.165) is 26.9 Å². The predicted octanol–water partition coefficient (Wildman–Crippen LogP) is 6.70. The third kappa shape index (κ3) is 4.27. The summed E-state index contributed by atoms with van der Waals surface area (Å²) in [5.41, 5.74) is 4.44. The molecule has 5 rings (SSSR count). The van der Waals surface area contributed by atoms with E-state index in [-0.39, 0.29) is 0 Å². The van der Waals surface area contributed by atoms with E-state index in [2.05, 4.69) is 15.9 Å². The average molecular weight is 465 g/mol. The second kappa shape index (κ2) is 8.58. The maximum absolute atomic E-state index is 4.86. The molecule has 2 aromatic heterocycles. The smallest absolute Gasteiger partial charge is 0.182 e. The molecule has 0 saturated heterocycles. The molecule has 5 heteroatoms. The molecule has 0 unspecified atom stereocenters. The van der Waals surface area contributed by atoms with Crippen LogP contribution in [0.25, 0.3) is 45.6 Å². The Morgan fingerprint density at radius 1 is 0.419 bits per heavy atom. The molecule has 4 nitrogen and oxygen atoms in total. The summed E-state index contributed by atoms with van der Waals surface area (Å²) in [7, 11) is 0. The minimum absolute atomic E-state index is 0.534. The molecule has 148 valence electrons. The molecule has 0 saturated carbocycles. The van der Waals surface area contributed by atoms with E-state index in [1.807, 2.05) is 103 Å². The lowest BCUT2D eigenvalue weighted by Crippen LogP contribution is -2.01. The van der Waals surface area contributed by atoms with Crippen LogP contribution in [0.15, 0.2) is 108 Å². The number of pyridine rings is 1. The van der Waals surface area contributed by atoms with Gasteiger partial charge in [-0.1, -0.05) is 107 Å². The van der Waals surface area contributed by atoms with Gasteiger partial charge in [-0.3, -0.25) is 0 Å². The second-order valence-corrected chi connectivity index (χ2v) is 7.88. The van der Waals surface area contributed by atoms with Gasteiger partial charge in [0.2, 0.25) is 0 Å². The van der Waals surface area contributed by atoms with Gasteiger partial charge in [-0.05, 0) is 12.1 Å². The third-order valence-electron chi connectivity index (χ3n) is 4.79. The molecule has 31 heavy (non-hydrogen) atoms. The van der Waals surface area contributed by atoms with Crippen molar-refractivity contribution >= 4 is 15.9 Å². The molecular formula is C26H17BrN4. The lowest BCUT2D eigenvalue weighted by molar-refractivity contribution is 1.06. The Bertz CT molecular complexity index is 1270. The number of hydrogen-bond donors (Lipinski definition) is 0. The summed E-state index contributed by atoms with van der Waals surface area (Å²) in [6, 6.07) is 33.9. The van der Waals surface area contributed by atoms with Gasteiger partial charge in [0.05, 0.1) is 5.69 Å². The minimum atomic E-state index is 0.534. The van der Waals surface area contributed by atoms with E-state index in [1.54, 1.807) is 0 Å². The summed E-state index contributed by atoms with van der Waals surface area (Å²) >= 11 is 3.62. The molecule has 0 aliphatic heterocycles. The lowest BCUT2D eigenvalue weighted by Gasteiger charge is -2.09. The zero-order valence-electron chi connectivity index (χ0n) is 16.5. The Hall–Kier alpha value is -3.70. The van der Waals surface area contributed by atoms with Crippen molar-refractivity contribution in [3.05, 3.63) is 108 Å². The first-order valence-electron chi connectivity index (χ1n) is 9.86. The molecule has 0 aliphatic rings. The van der Waals surface area contributed by atoms with E-state index in [0.29, 0.717) is 23.2 Å². The summed E-state index contributed by atoms with van der Waals surface area (Å²) in [4.78, 5) is 19.1. The normalized spacial score (nSPS) is 10.7. The number of benzene rings is 3. The van der Waals surface area contributed by atoms with Crippen molar-refractivity contribution < 1.29 is 0 Å². The quantitative estimate of drug-likeness (QED) is 0.297. The third-order valence-corrected chi connectivity index (χ3v) is 5.25. The molecule has 0 bridgehead atoms. The van der Waals surface area contributed by atoms with Gasteiger partial charge in [-0.2, -0.15) is 0 Å². The van der Waals surface area contributed by atoms with Crippen LogP contribution in [-0.2, 0) is 0 Å². The fourth-order valence-corrected chi connectivity index (χ4v) is 3.73. The van der Waals surface area contributed by atoms with Crippen molar-refractivity contribution in [2.24, 2.45) is 0 Å². The molecule has 0 atom stereocenters. The van der Waals surface area contributed by atoms with Crippen LogP contribution in [0, 0.1) is 0 Å². The van der Waals surface area contributed by atoms with E-state index in [4.69, 9.17) is 19.9 Å². The number of nitrogens with zero attached hydrogens (tertiary/aromatic N) is 4. The summed E-state index contributed by atoms with van der Waals surface area (Å²) in [6.07, 6.45) is 0. The zero-order chi connectivity index (χ0) is 21.0. The van der Waals surface area contributed by atoms with Crippen molar-refractivity contribution in [1.29, 1.82) is 0 Å². The topological polar surface area (TPSA) is 51.6 Å². The Balaban J connectivity index is 1.70. The SMILES string of the molecule is Brc1cc(-c2ccccc2)nc(-c2nc(-c3ccccc3)nc(-c3ccccc3)n2)c1. The second-order valence-electron chi connectivity index (χ2n) is 6.96. The molecule has 3 aromatic carbocycles. The van der Waals surface area contributed by atoms with Crippen LogP contribution in [-0.4, -0.2) is 19.9 Å². The van der Waals surface area contributed by atoms with Crippen LogP contribution in [0.3, 0.4) is 0 Å². The highest BCUT2D eigenvalue weighted by atomic mass is 79.9. The number of aromatic nitrogens is 4. The molecule has 0 aliphatic carbocycles. The predicted molar refractivity (Wildman–Crippen MR) is 127 cm³/mol. The molecule has 2 heterocycles. The van der Waals surface area contributed by atoms with Crippen molar-refractivity contribution in [3.8, 4) is 45.6 Å². The van der Waals surface area contributed by atoms with Gasteiger partial charge >= 0.3 is 0 Å². The van der Waals surface area contributed by atoms with Gasteiger partial charge in [0.25, 0.3) is 0 Å². The van der Waals surface area contributed by atoms with Crippen LogP contribution < -0.4 is 0 Å².